The van der Waals surface area contributed by atoms with Gasteiger partial charge in [-0.25, -0.2) is 4.98 Å². The summed E-state index contributed by atoms with van der Waals surface area (Å²) in [6, 6.07) is 4.36. The molecule has 0 bridgehead atoms. The molecule has 2 rings (SSSR count). The number of hydrogen-bond acceptors (Lipinski definition) is 3. The van der Waals surface area contributed by atoms with Gasteiger partial charge in [0.25, 0.3) is 0 Å². The summed E-state index contributed by atoms with van der Waals surface area (Å²) >= 11 is 12.0. The lowest BCUT2D eigenvalue weighted by molar-refractivity contribution is -0.137. The van der Waals surface area contributed by atoms with Crippen molar-refractivity contribution in [1.29, 1.82) is 0 Å². The van der Waals surface area contributed by atoms with Gasteiger partial charge in [-0.2, -0.15) is 0 Å². The molecule has 4 nitrogen and oxygen atoms in total. The minimum absolute atomic E-state index is 0.434. The molecule has 94 valence electrons. The molecule has 0 saturated carbocycles. The highest BCUT2D eigenvalue weighted by atomic mass is 35.5. The van der Waals surface area contributed by atoms with Crippen LogP contribution in [0.1, 0.15) is 6.92 Å². The van der Waals surface area contributed by atoms with Crippen molar-refractivity contribution in [3.63, 3.8) is 0 Å². The molecule has 0 radical (unpaired) electrons. The quantitative estimate of drug-likeness (QED) is 0.907. The Morgan fingerprint density at radius 3 is 2.83 bits per heavy atom. The van der Waals surface area contributed by atoms with Gasteiger partial charge in [0.1, 0.15) is 11.9 Å². The smallest absolute Gasteiger partial charge is 0.325 e. The van der Waals surface area contributed by atoms with Crippen LogP contribution < -0.4 is 5.32 Å². The molecule has 1 aromatic carbocycles. The fourth-order valence-electron chi connectivity index (χ4n) is 1.61. The maximum Gasteiger partial charge on any atom is 0.325 e. The predicted octanol–water partition coefficient (Wildman–Crippen LogP) is 3.43. The van der Waals surface area contributed by atoms with Gasteiger partial charge in [-0.1, -0.05) is 23.2 Å². The van der Waals surface area contributed by atoms with Crippen molar-refractivity contribution < 1.29 is 9.90 Å². The number of carbonyl (C=O) groups is 1. The van der Waals surface area contributed by atoms with E-state index in [1.54, 1.807) is 24.4 Å². The summed E-state index contributed by atoms with van der Waals surface area (Å²) in [5.74, 6) is -0.525. The van der Waals surface area contributed by atoms with Gasteiger partial charge in [0.05, 0.1) is 5.02 Å². The number of halogens is 2. The second-order valence-corrected chi connectivity index (χ2v) is 4.69. The number of aromatic nitrogens is 1. The molecule has 1 atom stereocenters. The number of benzene rings is 1. The van der Waals surface area contributed by atoms with Crippen LogP contribution in [0.25, 0.3) is 10.8 Å². The molecular formula is C12H10Cl2N2O2. The summed E-state index contributed by atoms with van der Waals surface area (Å²) in [5.41, 5.74) is 0. The van der Waals surface area contributed by atoms with E-state index in [1.165, 1.54) is 6.92 Å². The van der Waals surface area contributed by atoms with E-state index in [9.17, 15) is 4.79 Å². The molecule has 0 amide bonds. The van der Waals surface area contributed by atoms with Crippen molar-refractivity contribution in [3.05, 3.63) is 34.4 Å². The first kappa shape index (κ1) is 12.9. The molecule has 1 unspecified atom stereocenters. The third kappa shape index (κ3) is 2.49. The minimum Gasteiger partial charge on any atom is -0.480 e. The van der Waals surface area contributed by atoms with E-state index in [0.29, 0.717) is 21.2 Å². The van der Waals surface area contributed by atoms with E-state index in [0.717, 1.165) is 5.39 Å². The molecule has 0 aliphatic carbocycles. The van der Waals surface area contributed by atoms with Gasteiger partial charge in [-0.05, 0) is 30.5 Å². The summed E-state index contributed by atoms with van der Waals surface area (Å²) in [7, 11) is 0. The van der Waals surface area contributed by atoms with Crippen molar-refractivity contribution in [2.24, 2.45) is 0 Å². The fraction of sp³-hybridized carbons (Fsp3) is 0.167. The van der Waals surface area contributed by atoms with Crippen LogP contribution in [0.4, 0.5) is 5.82 Å². The Hall–Kier alpha value is -1.52. The number of carboxylic acid groups (broad SMARTS) is 1. The van der Waals surface area contributed by atoms with Crippen LogP contribution in [0.5, 0.6) is 0 Å². The molecule has 2 N–H and O–H groups in total. The lowest BCUT2D eigenvalue weighted by Gasteiger charge is -2.13. The van der Waals surface area contributed by atoms with Crippen molar-refractivity contribution in [2.45, 2.75) is 13.0 Å². The maximum absolute atomic E-state index is 10.8. The van der Waals surface area contributed by atoms with Crippen molar-refractivity contribution in [2.75, 3.05) is 5.32 Å². The summed E-state index contributed by atoms with van der Waals surface area (Å²) in [4.78, 5) is 15.0. The van der Waals surface area contributed by atoms with Crippen LogP contribution in [-0.4, -0.2) is 22.1 Å². The van der Waals surface area contributed by atoms with E-state index in [-0.39, 0.29) is 0 Å². The molecule has 6 heteroatoms. The highest BCUT2D eigenvalue weighted by Crippen LogP contribution is 2.32. The zero-order valence-corrected chi connectivity index (χ0v) is 11.0. The Kier molecular flexibility index (Phi) is 3.59. The Morgan fingerprint density at radius 1 is 1.44 bits per heavy atom. The Morgan fingerprint density at radius 2 is 2.17 bits per heavy atom. The summed E-state index contributed by atoms with van der Waals surface area (Å²) in [6.07, 6.45) is 1.58. The lowest BCUT2D eigenvalue weighted by atomic mass is 10.1. The molecular weight excluding hydrogens is 275 g/mol. The topological polar surface area (TPSA) is 62.2 Å². The molecule has 2 aromatic rings. The van der Waals surface area contributed by atoms with E-state index in [2.05, 4.69) is 10.3 Å². The fourth-order valence-corrected chi connectivity index (χ4v) is 2.21. The van der Waals surface area contributed by atoms with Gasteiger partial charge >= 0.3 is 5.97 Å². The zero-order chi connectivity index (χ0) is 13.3. The molecule has 0 aliphatic rings. The van der Waals surface area contributed by atoms with Gasteiger partial charge in [0.2, 0.25) is 0 Å². The first-order valence-electron chi connectivity index (χ1n) is 5.22. The number of rotatable bonds is 3. The van der Waals surface area contributed by atoms with Crippen LogP contribution in [0.3, 0.4) is 0 Å². The van der Waals surface area contributed by atoms with Crippen LogP contribution in [0, 0.1) is 0 Å². The molecule has 0 saturated heterocycles. The van der Waals surface area contributed by atoms with E-state index in [1.807, 2.05) is 0 Å². The second kappa shape index (κ2) is 5.00. The highest BCUT2D eigenvalue weighted by Gasteiger charge is 2.14. The average molecular weight is 285 g/mol. The van der Waals surface area contributed by atoms with Gasteiger partial charge < -0.3 is 10.4 Å². The Labute approximate surface area is 114 Å². The van der Waals surface area contributed by atoms with Crippen molar-refractivity contribution >= 4 is 45.8 Å². The number of pyridine rings is 1. The van der Waals surface area contributed by atoms with Gasteiger partial charge in [-0.3, -0.25) is 4.79 Å². The molecule has 18 heavy (non-hydrogen) atoms. The number of nitrogens with one attached hydrogen (secondary N) is 1. The first-order chi connectivity index (χ1) is 8.49. The third-order valence-electron chi connectivity index (χ3n) is 2.50. The molecule has 0 aliphatic heterocycles. The lowest BCUT2D eigenvalue weighted by Crippen LogP contribution is -2.25. The average Bonchev–Trinajstić information content (AvgIpc) is 2.27. The molecule has 1 aromatic heterocycles. The molecule has 0 spiro atoms. The summed E-state index contributed by atoms with van der Waals surface area (Å²) in [6.45, 7) is 1.53. The monoisotopic (exact) mass is 284 g/mol. The van der Waals surface area contributed by atoms with E-state index < -0.39 is 12.0 Å². The Balaban J connectivity index is 2.55. The zero-order valence-electron chi connectivity index (χ0n) is 9.45. The van der Waals surface area contributed by atoms with Crippen molar-refractivity contribution in [1.82, 2.24) is 4.98 Å². The second-order valence-electron chi connectivity index (χ2n) is 3.85. The van der Waals surface area contributed by atoms with E-state index in [4.69, 9.17) is 28.3 Å². The normalized spacial score (nSPS) is 12.4. The summed E-state index contributed by atoms with van der Waals surface area (Å²) < 4.78 is 0. The van der Waals surface area contributed by atoms with Crippen molar-refractivity contribution in [3.8, 4) is 0 Å². The predicted molar refractivity (Wildman–Crippen MR) is 72.5 cm³/mol. The molecule has 1 heterocycles. The molecule has 0 fully saturated rings. The summed E-state index contributed by atoms with van der Waals surface area (Å²) in [5, 5.41) is 14.1. The third-order valence-corrected chi connectivity index (χ3v) is 3.02. The maximum atomic E-state index is 10.8. The first-order valence-corrected chi connectivity index (χ1v) is 5.97. The van der Waals surface area contributed by atoms with Crippen LogP contribution in [0.2, 0.25) is 10.0 Å². The van der Waals surface area contributed by atoms with Gasteiger partial charge in [0, 0.05) is 16.6 Å². The Bertz CT molecular complexity index is 616. The van der Waals surface area contributed by atoms with Gasteiger partial charge in [0.15, 0.2) is 0 Å². The van der Waals surface area contributed by atoms with Crippen LogP contribution in [-0.2, 0) is 4.79 Å². The van der Waals surface area contributed by atoms with Gasteiger partial charge in [-0.15, -0.1) is 0 Å². The van der Waals surface area contributed by atoms with Crippen LogP contribution >= 0.6 is 23.2 Å². The number of carboxylic acids is 1. The highest BCUT2D eigenvalue weighted by molar-refractivity contribution is 6.39. The van der Waals surface area contributed by atoms with E-state index >= 15 is 0 Å². The number of aliphatic carboxylic acids is 1. The number of fused-ring (bicyclic) bond motifs is 1. The minimum atomic E-state index is -0.959. The number of hydrogen-bond donors (Lipinski definition) is 2. The number of nitrogens with zero attached hydrogens (tertiary/aromatic N) is 1. The number of anilines is 1. The van der Waals surface area contributed by atoms with Crippen LogP contribution in [0.15, 0.2) is 24.4 Å². The largest absolute Gasteiger partial charge is 0.480 e. The standard InChI is InChI=1S/C12H10Cl2N2O2/c1-6(12(17)18)16-11-10-7(2-3-15-11)4-8(13)5-9(10)14/h2-6H,1H3,(H,15,16)(H,17,18). The SMILES string of the molecule is CC(Nc1nccc2cc(Cl)cc(Cl)c12)C(=O)O.